The van der Waals surface area contributed by atoms with Gasteiger partial charge >= 0.3 is 10.8 Å². The van der Waals surface area contributed by atoms with Crippen molar-refractivity contribution >= 4 is 74.6 Å². The van der Waals surface area contributed by atoms with Crippen LogP contribution in [-0.4, -0.2) is 54.2 Å². The van der Waals surface area contributed by atoms with E-state index in [2.05, 4.69) is 5.32 Å². The second-order valence-corrected chi connectivity index (χ2v) is 14.2. The van der Waals surface area contributed by atoms with E-state index >= 15 is 0 Å². The number of fused-ring (bicyclic) bond motifs is 3. The van der Waals surface area contributed by atoms with E-state index in [9.17, 15) is 24.0 Å². The third-order valence-electron chi connectivity index (χ3n) is 8.79. The number of nitrogens with zero attached hydrogens (tertiary/aromatic N) is 3. The normalized spacial score (nSPS) is 18.3. The van der Waals surface area contributed by atoms with Crippen molar-refractivity contribution in [1.29, 1.82) is 0 Å². The van der Waals surface area contributed by atoms with Gasteiger partial charge in [-0.2, -0.15) is 0 Å². The summed E-state index contributed by atoms with van der Waals surface area (Å²) in [5, 5.41) is 4.59. The smallest absolute Gasteiger partial charge is 0.338 e. The predicted octanol–water partition coefficient (Wildman–Crippen LogP) is 5.74. The summed E-state index contributed by atoms with van der Waals surface area (Å²) in [5.41, 5.74) is 3.00. The number of benzene rings is 4. The second kappa shape index (κ2) is 13.0. The van der Waals surface area contributed by atoms with Crippen molar-refractivity contribution in [1.82, 2.24) is 4.57 Å². The number of hydrogen-bond donors (Lipinski definition) is 1. The Morgan fingerprint density at radius 2 is 1.59 bits per heavy atom. The summed E-state index contributed by atoms with van der Waals surface area (Å²) >= 11 is 2.16. The summed E-state index contributed by atoms with van der Waals surface area (Å²) in [6, 6.07) is 27.3. The Morgan fingerprint density at radius 1 is 0.878 bits per heavy atom. The number of carbonyl (C=O) groups excluding carboxylic acids is 4. The fourth-order valence-corrected chi connectivity index (χ4v) is 9.19. The molecule has 0 saturated carbocycles. The Bertz CT molecular complexity index is 2170. The Kier molecular flexibility index (Phi) is 8.59. The van der Waals surface area contributed by atoms with E-state index in [4.69, 9.17) is 4.74 Å². The average molecular weight is 693 g/mol. The molecule has 2 aliphatic rings. The molecular weight excluding hydrogens is 661 g/mol. The lowest BCUT2D eigenvalue weighted by Gasteiger charge is -2.31. The molecular formula is C37H32N4O6S2. The van der Waals surface area contributed by atoms with Crippen molar-refractivity contribution in [2.24, 2.45) is 5.92 Å². The highest BCUT2D eigenvalue weighted by molar-refractivity contribution is 8.00. The van der Waals surface area contributed by atoms with Crippen LogP contribution in [0.3, 0.4) is 0 Å². The van der Waals surface area contributed by atoms with E-state index in [1.54, 1.807) is 19.1 Å². The molecule has 2 unspecified atom stereocenters. The number of amides is 3. The van der Waals surface area contributed by atoms with Gasteiger partial charge in [-0.1, -0.05) is 65.6 Å². The molecule has 0 radical (unpaired) electrons. The van der Waals surface area contributed by atoms with Crippen LogP contribution in [0.4, 0.5) is 17.1 Å². The number of esters is 1. The first-order chi connectivity index (χ1) is 23.6. The second-order valence-electron chi connectivity index (χ2n) is 12.0. The zero-order valence-electron chi connectivity index (χ0n) is 26.9. The van der Waals surface area contributed by atoms with Crippen LogP contribution in [0.2, 0.25) is 0 Å². The van der Waals surface area contributed by atoms with Crippen molar-refractivity contribution in [3.8, 4) is 0 Å². The third kappa shape index (κ3) is 5.91. The van der Waals surface area contributed by atoms with Crippen LogP contribution < -0.4 is 20.0 Å². The molecule has 1 saturated heterocycles. The highest BCUT2D eigenvalue weighted by atomic mass is 32.2. The molecule has 1 fully saturated rings. The monoisotopic (exact) mass is 692 g/mol. The molecule has 3 atom stereocenters. The minimum atomic E-state index is -0.841. The Balaban J connectivity index is 1.24. The lowest BCUT2D eigenvalue weighted by Crippen LogP contribution is -2.33. The third-order valence-corrected chi connectivity index (χ3v) is 11.4. The zero-order valence-corrected chi connectivity index (χ0v) is 28.5. The molecule has 1 aromatic heterocycles. The zero-order chi connectivity index (χ0) is 34.4. The number of thioether (sulfide) groups is 1. The number of hydrogen-bond acceptors (Lipinski definition) is 9. The minimum Gasteiger partial charge on any atom is -0.462 e. The number of thiazole rings is 1. The van der Waals surface area contributed by atoms with Crippen molar-refractivity contribution in [2.75, 3.05) is 35.8 Å². The van der Waals surface area contributed by atoms with E-state index < -0.39 is 29.0 Å². The maximum absolute atomic E-state index is 14.3. The summed E-state index contributed by atoms with van der Waals surface area (Å²) in [7, 11) is 3.86. The lowest BCUT2D eigenvalue weighted by atomic mass is 9.83. The minimum absolute atomic E-state index is 0.224. The number of aromatic nitrogens is 1. The SMILES string of the molecule is CCOC(=O)c1ccc(N2C(=O)C3Sc4c(sc(=O)n4CC(=O)Nc4ccc5ccccc5c4)[C@H](c4ccc(N(C)C)cc4)C3C2=O)cc1. The summed E-state index contributed by atoms with van der Waals surface area (Å²) in [4.78, 5) is 71.0. The van der Waals surface area contributed by atoms with Crippen LogP contribution in [0.25, 0.3) is 10.8 Å². The molecule has 3 heterocycles. The van der Waals surface area contributed by atoms with Crippen molar-refractivity contribution in [3.63, 3.8) is 0 Å². The quantitative estimate of drug-likeness (QED) is 0.162. The Hall–Kier alpha value is -5.20. The van der Waals surface area contributed by atoms with Crippen LogP contribution in [0.1, 0.15) is 33.6 Å². The van der Waals surface area contributed by atoms with E-state index in [1.165, 1.54) is 21.6 Å². The Labute approximate surface area is 290 Å². The molecule has 5 aromatic rings. The highest BCUT2D eigenvalue weighted by Gasteiger charge is 2.56. The van der Waals surface area contributed by atoms with E-state index in [0.29, 0.717) is 26.8 Å². The molecule has 4 aromatic carbocycles. The summed E-state index contributed by atoms with van der Waals surface area (Å²) in [5.74, 6) is -3.08. The summed E-state index contributed by atoms with van der Waals surface area (Å²) in [6.45, 7) is 1.68. The van der Waals surface area contributed by atoms with E-state index in [1.807, 2.05) is 85.7 Å². The van der Waals surface area contributed by atoms with Gasteiger partial charge in [-0.25, -0.2) is 9.69 Å². The predicted molar refractivity (Wildman–Crippen MR) is 192 cm³/mol. The van der Waals surface area contributed by atoms with Gasteiger partial charge in [-0.15, -0.1) is 0 Å². The van der Waals surface area contributed by atoms with Gasteiger partial charge < -0.3 is 15.0 Å². The first kappa shape index (κ1) is 32.4. The van der Waals surface area contributed by atoms with E-state index in [0.717, 1.165) is 45.1 Å². The van der Waals surface area contributed by atoms with Gasteiger partial charge in [0.15, 0.2) is 0 Å². The maximum Gasteiger partial charge on any atom is 0.338 e. The largest absolute Gasteiger partial charge is 0.462 e. The molecule has 0 spiro atoms. The fraction of sp³-hybridized carbons (Fsp3) is 0.216. The molecule has 3 amide bonds. The number of imide groups is 1. The molecule has 49 heavy (non-hydrogen) atoms. The fourth-order valence-electron chi connectivity index (χ4n) is 6.42. The van der Waals surface area contributed by atoms with Gasteiger partial charge in [0, 0.05) is 36.3 Å². The standard InChI is InChI=1S/C37H32N4O6S2/c1-4-47-36(45)23-12-17-27(18-13-23)41-33(43)30-29(22-10-15-26(16-11-22)39(2)3)32-35(48-31(30)34(41)44)40(37(46)49-32)20-28(42)38-25-14-9-21-7-5-6-8-24(21)19-25/h5-19,29-31H,4,20H2,1-3H3,(H,38,42)/t29-,30?,31?/m1/s1. The molecule has 12 heteroatoms. The lowest BCUT2D eigenvalue weighted by molar-refractivity contribution is -0.122. The summed E-state index contributed by atoms with van der Waals surface area (Å²) < 4.78 is 6.49. The van der Waals surface area contributed by atoms with Gasteiger partial charge in [-0.3, -0.25) is 23.7 Å². The van der Waals surface area contributed by atoms with Gasteiger partial charge in [0.1, 0.15) is 11.8 Å². The van der Waals surface area contributed by atoms with Crippen LogP contribution in [0.15, 0.2) is 101 Å². The first-order valence-electron chi connectivity index (χ1n) is 15.8. The number of anilines is 3. The number of rotatable bonds is 8. The van der Waals surface area contributed by atoms with Gasteiger partial charge in [0.2, 0.25) is 17.7 Å². The number of ether oxygens (including phenoxy) is 1. The van der Waals surface area contributed by atoms with Crippen molar-refractivity contribution < 1.29 is 23.9 Å². The number of nitrogens with one attached hydrogen (secondary N) is 1. The van der Waals surface area contributed by atoms with Gasteiger partial charge in [0.05, 0.1) is 28.8 Å². The molecule has 0 aliphatic carbocycles. The van der Waals surface area contributed by atoms with Crippen LogP contribution in [0.5, 0.6) is 0 Å². The molecule has 2 aliphatic heterocycles. The first-order valence-corrected chi connectivity index (χ1v) is 17.5. The van der Waals surface area contributed by atoms with Crippen molar-refractivity contribution in [2.45, 2.75) is 29.7 Å². The number of carbonyl (C=O) groups is 4. The van der Waals surface area contributed by atoms with Gasteiger partial charge in [-0.05, 0) is 71.8 Å². The molecule has 1 N–H and O–H groups in total. The molecule has 10 nitrogen and oxygen atoms in total. The topological polar surface area (TPSA) is 118 Å². The average Bonchev–Trinajstić information content (AvgIpc) is 3.54. The summed E-state index contributed by atoms with van der Waals surface area (Å²) in [6.07, 6.45) is 0. The maximum atomic E-state index is 14.3. The van der Waals surface area contributed by atoms with Crippen LogP contribution in [-0.2, 0) is 25.7 Å². The van der Waals surface area contributed by atoms with Crippen LogP contribution in [0, 0.1) is 5.92 Å². The van der Waals surface area contributed by atoms with Crippen LogP contribution >= 0.6 is 23.1 Å². The van der Waals surface area contributed by atoms with Crippen molar-refractivity contribution in [3.05, 3.63) is 117 Å². The molecule has 0 bridgehead atoms. The highest BCUT2D eigenvalue weighted by Crippen LogP contribution is 2.54. The Morgan fingerprint density at radius 3 is 2.29 bits per heavy atom. The molecule has 248 valence electrons. The van der Waals surface area contributed by atoms with E-state index in [-0.39, 0.29) is 29.8 Å². The molecule has 7 rings (SSSR count). The van der Waals surface area contributed by atoms with Gasteiger partial charge in [0.25, 0.3) is 0 Å².